The Morgan fingerprint density at radius 1 is 1.17 bits per heavy atom. The van der Waals surface area contributed by atoms with Gasteiger partial charge in [0.1, 0.15) is 0 Å². The van der Waals surface area contributed by atoms with Crippen LogP contribution in [0.25, 0.3) is 0 Å². The lowest BCUT2D eigenvalue weighted by Gasteiger charge is -2.05. The first-order chi connectivity index (χ1) is 8.54. The summed E-state index contributed by atoms with van der Waals surface area (Å²) in [6, 6.07) is 6.61. The number of ether oxygens (including phenoxy) is 1. The molecule has 0 saturated carbocycles. The van der Waals surface area contributed by atoms with Gasteiger partial charge in [0.15, 0.2) is 5.78 Å². The smallest absolute Gasteiger partial charge is 0.338 e. The number of carbonyl (C=O) groups is 2. The summed E-state index contributed by atoms with van der Waals surface area (Å²) in [6.45, 7) is 6.23. The lowest BCUT2D eigenvalue weighted by Crippen LogP contribution is -2.07. The average molecular weight is 266 g/mol. The van der Waals surface area contributed by atoms with Crippen molar-refractivity contribution in [1.82, 2.24) is 0 Å². The maximum atomic E-state index is 11.8. The van der Waals surface area contributed by atoms with E-state index >= 15 is 0 Å². The molecule has 4 heteroatoms. The number of esters is 1. The zero-order valence-corrected chi connectivity index (χ0v) is 11.8. The van der Waals surface area contributed by atoms with Crippen LogP contribution in [0.5, 0.6) is 0 Å². The summed E-state index contributed by atoms with van der Waals surface area (Å²) in [5.74, 6) is 0.202. The lowest BCUT2D eigenvalue weighted by atomic mass is 10.1. The maximum absolute atomic E-state index is 11.8. The highest BCUT2D eigenvalue weighted by molar-refractivity contribution is 8.00. The van der Waals surface area contributed by atoms with Crippen LogP contribution in [0.15, 0.2) is 24.3 Å². The molecule has 0 radical (unpaired) electrons. The van der Waals surface area contributed by atoms with E-state index in [1.165, 1.54) is 0 Å². The number of benzene rings is 1. The zero-order chi connectivity index (χ0) is 13.5. The van der Waals surface area contributed by atoms with Crippen LogP contribution < -0.4 is 0 Å². The Hall–Kier alpha value is -1.29. The van der Waals surface area contributed by atoms with Crippen LogP contribution >= 0.6 is 11.8 Å². The fraction of sp³-hybridized carbons (Fsp3) is 0.429. The Kier molecular flexibility index (Phi) is 5.92. The van der Waals surface area contributed by atoms with Gasteiger partial charge in [0, 0.05) is 5.56 Å². The van der Waals surface area contributed by atoms with Crippen molar-refractivity contribution in [3.63, 3.8) is 0 Å². The molecule has 0 aliphatic carbocycles. The van der Waals surface area contributed by atoms with E-state index in [1.807, 2.05) is 0 Å². The van der Waals surface area contributed by atoms with Crippen LogP contribution in [0.2, 0.25) is 0 Å². The third-order valence-electron chi connectivity index (χ3n) is 2.27. The second-order valence-corrected chi connectivity index (χ2v) is 5.65. The second kappa shape index (κ2) is 7.21. The molecule has 0 N–H and O–H groups in total. The first-order valence-corrected chi connectivity index (χ1v) is 7.01. The van der Waals surface area contributed by atoms with E-state index in [0.29, 0.717) is 28.7 Å². The van der Waals surface area contributed by atoms with Crippen molar-refractivity contribution in [3.05, 3.63) is 35.4 Å². The summed E-state index contributed by atoms with van der Waals surface area (Å²) < 4.78 is 4.88. The number of thioether (sulfide) groups is 1. The Bertz CT molecular complexity index is 410. The number of carbonyl (C=O) groups excluding carboxylic acids is 2. The van der Waals surface area contributed by atoms with Crippen molar-refractivity contribution < 1.29 is 14.3 Å². The molecule has 3 nitrogen and oxygen atoms in total. The quantitative estimate of drug-likeness (QED) is 0.586. The molecule has 0 fully saturated rings. The fourth-order valence-corrected chi connectivity index (χ4v) is 1.98. The van der Waals surface area contributed by atoms with E-state index < -0.39 is 0 Å². The van der Waals surface area contributed by atoms with Gasteiger partial charge < -0.3 is 4.74 Å². The highest BCUT2D eigenvalue weighted by atomic mass is 32.2. The highest BCUT2D eigenvalue weighted by Gasteiger charge is 2.10. The summed E-state index contributed by atoms with van der Waals surface area (Å²) in [4.78, 5) is 23.2. The number of hydrogen-bond acceptors (Lipinski definition) is 4. The van der Waals surface area contributed by atoms with Gasteiger partial charge in [-0.25, -0.2) is 4.79 Å². The van der Waals surface area contributed by atoms with Gasteiger partial charge in [0.05, 0.1) is 17.9 Å². The molecule has 0 aliphatic heterocycles. The normalized spacial score (nSPS) is 10.4. The molecule has 0 saturated heterocycles. The van der Waals surface area contributed by atoms with Crippen molar-refractivity contribution in [2.45, 2.75) is 26.0 Å². The number of hydrogen-bond donors (Lipinski definition) is 0. The lowest BCUT2D eigenvalue weighted by molar-refractivity contribution is 0.0526. The van der Waals surface area contributed by atoms with Crippen molar-refractivity contribution >= 4 is 23.5 Å². The molecule has 18 heavy (non-hydrogen) atoms. The zero-order valence-electron chi connectivity index (χ0n) is 10.9. The molecule has 0 heterocycles. The average Bonchev–Trinajstić information content (AvgIpc) is 2.36. The monoisotopic (exact) mass is 266 g/mol. The fourth-order valence-electron chi connectivity index (χ4n) is 1.33. The van der Waals surface area contributed by atoms with Crippen molar-refractivity contribution in [2.24, 2.45) is 0 Å². The molecule has 0 bridgehead atoms. The van der Waals surface area contributed by atoms with Gasteiger partial charge in [0.25, 0.3) is 0 Å². The van der Waals surface area contributed by atoms with Crippen molar-refractivity contribution in [2.75, 3.05) is 12.4 Å². The molecule has 1 aromatic rings. The van der Waals surface area contributed by atoms with E-state index in [2.05, 4.69) is 13.8 Å². The number of rotatable bonds is 6. The Morgan fingerprint density at radius 2 is 1.72 bits per heavy atom. The number of Topliss-reactive ketones (excluding diaryl/α,β-unsaturated/α-hetero) is 1. The van der Waals surface area contributed by atoms with Gasteiger partial charge in [-0.2, -0.15) is 11.8 Å². The van der Waals surface area contributed by atoms with Crippen molar-refractivity contribution in [3.8, 4) is 0 Å². The third-order valence-corrected chi connectivity index (χ3v) is 3.36. The van der Waals surface area contributed by atoms with Gasteiger partial charge in [-0.15, -0.1) is 0 Å². The minimum atomic E-state index is -0.354. The summed E-state index contributed by atoms with van der Waals surface area (Å²) in [5.41, 5.74) is 1.11. The van der Waals surface area contributed by atoms with Gasteiger partial charge in [-0.05, 0) is 24.3 Å². The SMILES string of the molecule is CCOC(=O)c1ccc(C(=O)CSC(C)C)cc1. The summed E-state index contributed by atoms with van der Waals surface area (Å²) in [7, 11) is 0. The Balaban J connectivity index is 2.65. The topological polar surface area (TPSA) is 43.4 Å². The van der Waals surface area contributed by atoms with E-state index in [-0.39, 0.29) is 11.8 Å². The van der Waals surface area contributed by atoms with E-state index in [1.54, 1.807) is 43.0 Å². The standard InChI is InChI=1S/C14H18O3S/c1-4-17-14(16)12-7-5-11(6-8-12)13(15)9-18-10(2)3/h5-8,10H,4,9H2,1-3H3. The van der Waals surface area contributed by atoms with E-state index in [4.69, 9.17) is 4.74 Å². The molecule has 0 aromatic heterocycles. The first-order valence-electron chi connectivity index (χ1n) is 5.96. The van der Waals surface area contributed by atoms with Crippen LogP contribution in [0, 0.1) is 0 Å². The molecule has 0 spiro atoms. The summed E-state index contributed by atoms with van der Waals surface area (Å²) >= 11 is 1.61. The predicted molar refractivity (Wildman–Crippen MR) is 74.3 cm³/mol. The third kappa shape index (κ3) is 4.53. The summed E-state index contributed by atoms with van der Waals surface area (Å²) in [6.07, 6.45) is 0. The molecule has 0 amide bonds. The molecule has 1 rings (SSSR count). The van der Waals surface area contributed by atoms with Crippen LogP contribution in [0.3, 0.4) is 0 Å². The van der Waals surface area contributed by atoms with Crippen molar-refractivity contribution in [1.29, 1.82) is 0 Å². The van der Waals surface area contributed by atoms with Gasteiger partial charge >= 0.3 is 5.97 Å². The molecular formula is C14H18O3S. The molecule has 98 valence electrons. The van der Waals surface area contributed by atoms with Crippen LogP contribution in [-0.4, -0.2) is 29.4 Å². The molecular weight excluding hydrogens is 248 g/mol. The summed E-state index contributed by atoms with van der Waals surface area (Å²) in [5, 5.41) is 0.438. The van der Waals surface area contributed by atoms with Gasteiger partial charge in [-0.1, -0.05) is 26.0 Å². The van der Waals surface area contributed by atoms with E-state index in [9.17, 15) is 9.59 Å². The highest BCUT2D eigenvalue weighted by Crippen LogP contribution is 2.13. The molecule has 0 unspecified atom stereocenters. The second-order valence-electron chi connectivity index (χ2n) is 4.08. The molecule has 1 aromatic carbocycles. The first kappa shape index (κ1) is 14.8. The van der Waals surface area contributed by atoms with Gasteiger partial charge in [-0.3, -0.25) is 4.79 Å². The largest absolute Gasteiger partial charge is 0.462 e. The number of ketones is 1. The van der Waals surface area contributed by atoms with Gasteiger partial charge in [0.2, 0.25) is 0 Å². The minimum absolute atomic E-state index is 0.0871. The van der Waals surface area contributed by atoms with E-state index in [0.717, 1.165) is 0 Å². The van der Waals surface area contributed by atoms with Crippen LogP contribution in [0.1, 0.15) is 41.5 Å². The molecule has 0 atom stereocenters. The Labute approximate surface area is 112 Å². The van der Waals surface area contributed by atoms with Crippen LogP contribution in [-0.2, 0) is 4.74 Å². The van der Waals surface area contributed by atoms with Crippen LogP contribution in [0.4, 0.5) is 0 Å². The predicted octanol–water partition coefficient (Wildman–Crippen LogP) is 3.19. The maximum Gasteiger partial charge on any atom is 0.338 e. The Morgan fingerprint density at radius 3 is 2.22 bits per heavy atom. The molecule has 0 aliphatic rings. The minimum Gasteiger partial charge on any atom is -0.462 e.